The summed E-state index contributed by atoms with van der Waals surface area (Å²) in [5.74, 6) is -0.140. The molecule has 0 aliphatic heterocycles. The Labute approximate surface area is 192 Å². The van der Waals surface area contributed by atoms with Crippen molar-refractivity contribution < 1.29 is 22.4 Å². The van der Waals surface area contributed by atoms with E-state index in [1.54, 1.807) is 37.3 Å². The van der Waals surface area contributed by atoms with E-state index in [9.17, 15) is 18.0 Å². The fourth-order valence-corrected chi connectivity index (χ4v) is 5.22. The Balaban J connectivity index is 1.38. The number of aryl methyl sites for hydroxylation is 3. The highest BCUT2D eigenvalue weighted by Crippen LogP contribution is 2.32. The van der Waals surface area contributed by atoms with Gasteiger partial charge in [-0.25, -0.2) is 17.9 Å². The van der Waals surface area contributed by atoms with E-state index in [0.29, 0.717) is 23.3 Å². The maximum absolute atomic E-state index is 12.4. The normalized spacial score (nSPS) is 13.6. The standard InChI is InChI=1S/C25H27NO6S/c1-16-9-11-18(12-10-16)33(29,30)26-15-5-8-23(27)31-22-14-13-20-19-6-3-4-7-21(19)25(28)32-24(20)17(22)2/h9-14,26H,3-8,15H2,1-2H3. The summed E-state index contributed by atoms with van der Waals surface area (Å²) < 4.78 is 38.2. The van der Waals surface area contributed by atoms with Crippen molar-refractivity contribution in [1.29, 1.82) is 0 Å². The molecule has 4 rings (SSSR count). The van der Waals surface area contributed by atoms with Gasteiger partial charge in [-0.15, -0.1) is 0 Å². The van der Waals surface area contributed by atoms with Gasteiger partial charge in [-0.05, 0) is 75.8 Å². The minimum Gasteiger partial charge on any atom is -0.426 e. The van der Waals surface area contributed by atoms with Gasteiger partial charge < -0.3 is 9.15 Å². The van der Waals surface area contributed by atoms with Crippen LogP contribution in [0, 0.1) is 13.8 Å². The Morgan fingerprint density at radius 3 is 2.45 bits per heavy atom. The second-order valence-electron chi connectivity index (χ2n) is 8.41. The molecule has 1 N–H and O–H groups in total. The van der Waals surface area contributed by atoms with Gasteiger partial charge in [0.1, 0.15) is 11.3 Å². The van der Waals surface area contributed by atoms with Crippen molar-refractivity contribution in [2.24, 2.45) is 0 Å². The molecule has 1 aliphatic rings. The molecule has 0 spiro atoms. The monoisotopic (exact) mass is 469 g/mol. The number of fused-ring (bicyclic) bond motifs is 3. The number of hydrogen-bond acceptors (Lipinski definition) is 6. The van der Waals surface area contributed by atoms with E-state index in [4.69, 9.17) is 9.15 Å². The molecular weight excluding hydrogens is 442 g/mol. The summed E-state index contributed by atoms with van der Waals surface area (Å²) in [4.78, 5) is 24.9. The van der Waals surface area contributed by atoms with E-state index in [-0.39, 0.29) is 23.5 Å². The molecule has 1 aromatic heterocycles. The van der Waals surface area contributed by atoms with Gasteiger partial charge in [-0.2, -0.15) is 0 Å². The highest BCUT2D eigenvalue weighted by Gasteiger charge is 2.21. The highest BCUT2D eigenvalue weighted by atomic mass is 32.2. The summed E-state index contributed by atoms with van der Waals surface area (Å²) in [7, 11) is -3.62. The van der Waals surface area contributed by atoms with Crippen LogP contribution in [0.1, 0.15) is 47.9 Å². The number of rotatable bonds is 7. The molecule has 0 saturated heterocycles. The Bertz CT molecular complexity index is 1360. The first-order valence-corrected chi connectivity index (χ1v) is 12.6. The van der Waals surface area contributed by atoms with E-state index < -0.39 is 16.0 Å². The Hall–Kier alpha value is -2.97. The maximum Gasteiger partial charge on any atom is 0.339 e. The number of benzene rings is 2. The number of sulfonamides is 1. The van der Waals surface area contributed by atoms with Crippen molar-refractivity contribution >= 4 is 27.0 Å². The topological polar surface area (TPSA) is 103 Å². The smallest absolute Gasteiger partial charge is 0.339 e. The van der Waals surface area contributed by atoms with Gasteiger partial charge in [0, 0.05) is 29.5 Å². The van der Waals surface area contributed by atoms with Crippen molar-refractivity contribution in [1.82, 2.24) is 4.72 Å². The second-order valence-corrected chi connectivity index (χ2v) is 10.2. The molecule has 174 valence electrons. The first kappa shape index (κ1) is 23.2. The van der Waals surface area contributed by atoms with Gasteiger partial charge in [0.15, 0.2) is 0 Å². The molecule has 0 fully saturated rings. The van der Waals surface area contributed by atoms with Crippen LogP contribution in [0.25, 0.3) is 11.0 Å². The van der Waals surface area contributed by atoms with E-state index >= 15 is 0 Å². The fraction of sp³-hybridized carbons (Fsp3) is 0.360. The second kappa shape index (κ2) is 9.49. The van der Waals surface area contributed by atoms with E-state index in [1.165, 1.54) is 0 Å². The zero-order valence-corrected chi connectivity index (χ0v) is 19.6. The minimum absolute atomic E-state index is 0.0437. The Kier molecular flexibility index (Phi) is 6.67. The van der Waals surface area contributed by atoms with E-state index in [2.05, 4.69) is 4.72 Å². The molecule has 33 heavy (non-hydrogen) atoms. The number of carbonyl (C=O) groups excluding carboxylic acids is 1. The van der Waals surface area contributed by atoms with Crippen molar-refractivity contribution in [2.75, 3.05) is 6.54 Å². The van der Waals surface area contributed by atoms with Crippen LogP contribution < -0.4 is 15.1 Å². The maximum atomic E-state index is 12.4. The molecule has 8 heteroatoms. The van der Waals surface area contributed by atoms with Crippen LogP contribution in [0.2, 0.25) is 0 Å². The summed E-state index contributed by atoms with van der Waals surface area (Å²) in [5, 5.41) is 0.895. The molecule has 0 radical (unpaired) electrons. The fourth-order valence-electron chi connectivity index (χ4n) is 4.15. The van der Waals surface area contributed by atoms with Crippen LogP contribution in [-0.2, 0) is 27.7 Å². The van der Waals surface area contributed by atoms with Crippen LogP contribution in [0.5, 0.6) is 5.75 Å². The van der Waals surface area contributed by atoms with Crippen molar-refractivity contribution in [3.05, 3.63) is 69.1 Å². The summed E-state index contributed by atoms with van der Waals surface area (Å²) in [6, 6.07) is 10.1. The van der Waals surface area contributed by atoms with E-state index in [1.807, 2.05) is 13.0 Å². The van der Waals surface area contributed by atoms with Gasteiger partial charge in [-0.3, -0.25) is 4.79 Å². The van der Waals surface area contributed by atoms with Crippen molar-refractivity contribution in [3.63, 3.8) is 0 Å². The summed E-state index contributed by atoms with van der Waals surface area (Å²) in [6.45, 7) is 3.76. The molecular formula is C25H27NO6S. The van der Waals surface area contributed by atoms with Crippen LogP contribution >= 0.6 is 0 Å². The predicted molar refractivity (Wildman–Crippen MR) is 125 cm³/mol. The highest BCUT2D eigenvalue weighted by molar-refractivity contribution is 7.89. The van der Waals surface area contributed by atoms with Gasteiger partial charge in [-0.1, -0.05) is 17.7 Å². The lowest BCUT2D eigenvalue weighted by Gasteiger charge is -2.17. The molecule has 7 nitrogen and oxygen atoms in total. The molecule has 0 atom stereocenters. The molecule has 1 aliphatic carbocycles. The van der Waals surface area contributed by atoms with Crippen molar-refractivity contribution in [2.45, 2.75) is 57.3 Å². The number of hydrogen-bond donors (Lipinski definition) is 1. The average Bonchev–Trinajstić information content (AvgIpc) is 2.79. The van der Waals surface area contributed by atoms with Crippen LogP contribution in [0.15, 0.2) is 50.5 Å². The van der Waals surface area contributed by atoms with Gasteiger partial charge >= 0.3 is 11.6 Å². The average molecular weight is 470 g/mol. The number of nitrogens with one attached hydrogen (secondary N) is 1. The number of carbonyl (C=O) groups is 1. The van der Waals surface area contributed by atoms with Crippen molar-refractivity contribution in [3.8, 4) is 5.75 Å². The molecule has 1 heterocycles. The summed E-state index contributed by atoms with van der Waals surface area (Å²) in [6.07, 6.45) is 3.93. The zero-order valence-electron chi connectivity index (χ0n) is 18.8. The SMILES string of the molecule is Cc1ccc(S(=O)(=O)NCCCC(=O)Oc2ccc3c4c(c(=O)oc3c2C)CCCC4)cc1. The summed E-state index contributed by atoms with van der Waals surface area (Å²) >= 11 is 0. The lowest BCUT2D eigenvalue weighted by atomic mass is 9.90. The lowest BCUT2D eigenvalue weighted by Crippen LogP contribution is -2.25. The number of ether oxygens (including phenoxy) is 1. The van der Waals surface area contributed by atoms with Gasteiger partial charge in [0.25, 0.3) is 0 Å². The largest absolute Gasteiger partial charge is 0.426 e. The molecule has 3 aromatic rings. The zero-order chi connectivity index (χ0) is 23.6. The lowest BCUT2D eigenvalue weighted by molar-refractivity contribution is -0.134. The molecule has 2 aromatic carbocycles. The molecule has 0 saturated carbocycles. The minimum atomic E-state index is -3.62. The Morgan fingerprint density at radius 1 is 1.03 bits per heavy atom. The predicted octanol–water partition coefficient (Wildman–Crippen LogP) is 3.95. The van der Waals surface area contributed by atoms with Crippen LogP contribution in [0.3, 0.4) is 0 Å². The van der Waals surface area contributed by atoms with Gasteiger partial charge in [0.05, 0.1) is 4.90 Å². The third-order valence-corrected chi connectivity index (χ3v) is 7.47. The third kappa shape index (κ3) is 5.02. The van der Waals surface area contributed by atoms with Crippen LogP contribution in [-0.4, -0.2) is 20.9 Å². The van der Waals surface area contributed by atoms with Gasteiger partial charge in [0.2, 0.25) is 10.0 Å². The Morgan fingerprint density at radius 2 is 1.73 bits per heavy atom. The quantitative estimate of drug-likeness (QED) is 0.243. The first-order valence-electron chi connectivity index (χ1n) is 11.1. The summed E-state index contributed by atoms with van der Waals surface area (Å²) in [5.41, 5.74) is 3.51. The third-order valence-electron chi connectivity index (χ3n) is 6.00. The van der Waals surface area contributed by atoms with E-state index in [0.717, 1.165) is 47.8 Å². The van der Waals surface area contributed by atoms with Crippen LogP contribution in [0.4, 0.5) is 0 Å². The first-order chi connectivity index (χ1) is 15.8. The molecule has 0 bridgehead atoms. The molecule has 0 unspecified atom stereocenters. The number of esters is 1. The molecule has 0 amide bonds.